The zero-order chi connectivity index (χ0) is 18.2. The summed E-state index contributed by atoms with van der Waals surface area (Å²) in [7, 11) is 0. The summed E-state index contributed by atoms with van der Waals surface area (Å²) in [5.41, 5.74) is 3.32. The van der Waals surface area contributed by atoms with Gasteiger partial charge in [0.2, 0.25) is 0 Å². The van der Waals surface area contributed by atoms with Gasteiger partial charge in [0.05, 0.1) is 16.7 Å². The second kappa shape index (κ2) is 6.21. The molecule has 0 spiro atoms. The fourth-order valence-electron chi connectivity index (χ4n) is 3.23. The molecule has 2 aromatic heterocycles. The molecule has 5 aromatic rings. The first-order chi connectivity index (χ1) is 13.3. The van der Waals surface area contributed by atoms with Crippen molar-refractivity contribution in [1.82, 2.24) is 15.1 Å². The highest BCUT2D eigenvalue weighted by Gasteiger charge is 2.12. The molecule has 5 nitrogen and oxygen atoms in total. The molecular weight excluding hydrogens is 338 g/mol. The third kappa shape index (κ3) is 2.89. The van der Waals surface area contributed by atoms with Crippen molar-refractivity contribution in [3.63, 3.8) is 0 Å². The van der Waals surface area contributed by atoms with Gasteiger partial charge >= 0.3 is 0 Å². The largest absolute Gasteiger partial charge is 0.356 e. The Morgan fingerprint density at radius 2 is 1.70 bits per heavy atom. The summed E-state index contributed by atoms with van der Waals surface area (Å²) in [6.07, 6.45) is 0.317. The average molecular weight is 353 g/mol. The Balaban J connectivity index is 1.48. The van der Waals surface area contributed by atoms with E-state index in [1.165, 1.54) is 5.39 Å². The summed E-state index contributed by atoms with van der Waals surface area (Å²) >= 11 is 0. The van der Waals surface area contributed by atoms with E-state index in [2.05, 4.69) is 39.4 Å². The van der Waals surface area contributed by atoms with E-state index >= 15 is 0 Å². The summed E-state index contributed by atoms with van der Waals surface area (Å²) in [6.45, 7) is 0. The highest BCUT2D eigenvalue weighted by molar-refractivity contribution is 5.86. The lowest BCUT2D eigenvalue weighted by Gasteiger charge is -2.00. The fraction of sp³-hybridized carbons (Fsp3) is 0.0455. The van der Waals surface area contributed by atoms with Gasteiger partial charge in [-0.15, -0.1) is 0 Å². The van der Waals surface area contributed by atoms with Crippen molar-refractivity contribution in [2.75, 3.05) is 0 Å². The molecule has 2 heterocycles. The van der Waals surface area contributed by atoms with Crippen LogP contribution in [0.15, 0.2) is 82.1 Å². The number of para-hydroxylation sites is 2. The summed E-state index contributed by atoms with van der Waals surface area (Å²) in [5.74, 6) is 0.674. The molecule has 0 radical (unpaired) electrons. The maximum atomic E-state index is 12.3. The van der Waals surface area contributed by atoms with Gasteiger partial charge in [0.15, 0.2) is 5.76 Å². The van der Waals surface area contributed by atoms with Crippen LogP contribution in [-0.4, -0.2) is 15.1 Å². The predicted molar refractivity (Wildman–Crippen MR) is 105 cm³/mol. The van der Waals surface area contributed by atoms with E-state index in [4.69, 9.17) is 4.52 Å². The van der Waals surface area contributed by atoms with Gasteiger partial charge in [0.1, 0.15) is 5.69 Å². The van der Waals surface area contributed by atoms with Crippen LogP contribution in [0.1, 0.15) is 11.4 Å². The van der Waals surface area contributed by atoms with Crippen molar-refractivity contribution in [2.45, 2.75) is 6.42 Å². The number of hydrogen-bond acceptors (Lipinski definition) is 4. The van der Waals surface area contributed by atoms with Crippen molar-refractivity contribution < 1.29 is 4.52 Å². The number of nitrogens with zero attached hydrogens (tertiary/aromatic N) is 2. The second-order valence-electron chi connectivity index (χ2n) is 6.45. The van der Waals surface area contributed by atoms with Crippen molar-refractivity contribution in [3.8, 4) is 11.3 Å². The van der Waals surface area contributed by atoms with Crippen LogP contribution in [0.25, 0.3) is 33.1 Å². The normalized spacial score (nSPS) is 11.3. The van der Waals surface area contributed by atoms with Gasteiger partial charge in [-0.25, -0.2) is 4.98 Å². The lowest BCUT2D eigenvalue weighted by molar-refractivity contribution is 0.425. The maximum absolute atomic E-state index is 12.3. The Bertz CT molecular complexity index is 1330. The van der Waals surface area contributed by atoms with E-state index in [1.54, 1.807) is 0 Å². The number of aromatic nitrogens is 3. The minimum absolute atomic E-state index is 0.205. The van der Waals surface area contributed by atoms with E-state index < -0.39 is 0 Å². The number of H-pyrrole nitrogens is 1. The number of fused-ring (bicyclic) bond motifs is 2. The summed E-state index contributed by atoms with van der Waals surface area (Å²) in [6, 6.07) is 23.6. The first-order valence-corrected chi connectivity index (χ1v) is 8.69. The highest BCUT2D eigenvalue weighted by atomic mass is 16.5. The zero-order valence-corrected chi connectivity index (χ0v) is 14.3. The quantitative estimate of drug-likeness (QED) is 0.524. The van der Waals surface area contributed by atoms with Gasteiger partial charge in [0, 0.05) is 18.1 Å². The van der Waals surface area contributed by atoms with Gasteiger partial charge in [0.25, 0.3) is 5.56 Å². The zero-order valence-electron chi connectivity index (χ0n) is 14.3. The van der Waals surface area contributed by atoms with Crippen LogP contribution in [0, 0.1) is 0 Å². The summed E-state index contributed by atoms with van der Waals surface area (Å²) in [4.78, 5) is 19.6. The topological polar surface area (TPSA) is 71.8 Å². The fourth-order valence-corrected chi connectivity index (χ4v) is 3.23. The molecule has 0 amide bonds. The molecule has 0 bridgehead atoms. The molecule has 0 atom stereocenters. The molecular formula is C22H15N3O2. The third-order valence-electron chi connectivity index (χ3n) is 4.61. The number of aromatic amines is 1. The van der Waals surface area contributed by atoms with Crippen LogP contribution < -0.4 is 5.56 Å². The Kier molecular flexibility index (Phi) is 3.57. The van der Waals surface area contributed by atoms with Crippen LogP contribution in [0.4, 0.5) is 0 Å². The van der Waals surface area contributed by atoms with E-state index in [-0.39, 0.29) is 5.56 Å². The molecule has 0 aliphatic rings. The highest BCUT2D eigenvalue weighted by Crippen LogP contribution is 2.25. The molecule has 0 unspecified atom stereocenters. The Morgan fingerprint density at radius 1 is 0.889 bits per heavy atom. The van der Waals surface area contributed by atoms with Gasteiger partial charge in [-0.3, -0.25) is 4.79 Å². The van der Waals surface area contributed by atoms with Crippen molar-refractivity contribution in [3.05, 3.63) is 94.5 Å². The molecule has 0 saturated heterocycles. The van der Waals surface area contributed by atoms with Crippen LogP contribution in [0.3, 0.4) is 0 Å². The average Bonchev–Trinajstić information content (AvgIpc) is 3.17. The summed E-state index contributed by atoms with van der Waals surface area (Å²) in [5, 5.41) is 6.43. The van der Waals surface area contributed by atoms with E-state index in [9.17, 15) is 4.79 Å². The van der Waals surface area contributed by atoms with Crippen molar-refractivity contribution in [1.29, 1.82) is 0 Å². The molecule has 1 N–H and O–H groups in total. The van der Waals surface area contributed by atoms with Crippen LogP contribution in [0.5, 0.6) is 0 Å². The van der Waals surface area contributed by atoms with Crippen molar-refractivity contribution in [2.24, 2.45) is 0 Å². The van der Waals surface area contributed by atoms with E-state index in [1.807, 2.05) is 48.5 Å². The number of hydrogen-bond donors (Lipinski definition) is 1. The molecule has 5 rings (SSSR count). The minimum atomic E-state index is -0.205. The van der Waals surface area contributed by atoms with Crippen LogP contribution in [-0.2, 0) is 6.42 Å². The molecule has 3 aromatic carbocycles. The Hall–Kier alpha value is -3.73. The Morgan fingerprint density at radius 3 is 2.63 bits per heavy atom. The standard InChI is InChI=1S/C22H15N3O2/c26-22-20(23-18-7-3-4-8-19(18)24-22)12-17-13-21(27-25-17)16-10-9-14-5-1-2-6-15(14)11-16/h1-11,13H,12H2,(H,24,26). The molecule has 5 heteroatoms. The molecule has 130 valence electrons. The third-order valence-corrected chi connectivity index (χ3v) is 4.61. The molecule has 0 fully saturated rings. The number of benzene rings is 3. The van der Waals surface area contributed by atoms with Gasteiger partial charge in [-0.2, -0.15) is 0 Å². The number of rotatable bonds is 3. The van der Waals surface area contributed by atoms with Gasteiger partial charge in [-0.05, 0) is 29.0 Å². The van der Waals surface area contributed by atoms with Gasteiger partial charge in [-0.1, -0.05) is 53.7 Å². The monoisotopic (exact) mass is 353 g/mol. The summed E-state index contributed by atoms with van der Waals surface area (Å²) < 4.78 is 5.51. The van der Waals surface area contributed by atoms with Gasteiger partial charge < -0.3 is 9.51 Å². The second-order valence-corrected chi connectivity index (χ2v) is 6.45. The first-order valence-electron chi connectivity index (χ1n) is 8.69. The molecule has 0 saturated carbocycles. The van der Waals surface area contributed by atoms with Crippen LogP contribution in [0.2, 0.25) is 0 Å². The van der Waals surface area contributed by atoms with Crippen molar-refractivity contribution >= 4 is 21.8 Å². The molecule has 0 aliphatic heterocycles. The van der Waals surface area contributed by atoms with Crippen LogP contribution >= 0.6 is 0 Å². The smallest absolute Gasteiger partial charge is 0.270 e. The molecule has 0 aliphatic carbocycles. The minimum Gasteiger partial charge on any atom is -0.356 e. The lowest BCUT2D eigenvalue weighted by atomic mass is 10.1. The maximum Gasteiger partial charge on any atom is 0.270 e. The number of nitrogens with one attached hydrogen (secondary N) is 1. The van der Waals surface area contributed by atoms with E-state index in [0.29, 0.717) is 23.6 Å². The predicted octanol–water partition coefficient (Wildman–Crippen LogP) is 4.32. The SMILES string of the molecule is O=c1[nH]c2ccccc2nc1Cc1cc(-c2ccc3ccccc3c2)on1. The lowest BCUT2D eigenvalue weighted by Crippen LogP contribution is -2.15. The van der Waals surface area contributed by atoms with E-state index in [0.717, 1.165) is 22.0 Å². The first kappa shape index (κ1) is 15.5. The molecule has 27 heavy (non-hydrogen) atoms. The Labute approximate surface area is 154 Å².